The fourth-order valence-electron chi connectivity index (χ4n) is 5.55. The minimum absolute atomic E-state index is 0.00986. The lowest BCUT2D eigenvalue weighted by Gasteiger charge is -2.46. The number of allylic oxidation sites excluding steroid dienone is 1. The third-order valence-electron chi connectivity index (χ3n) is 11.7. The lowest BCUT2D eigenvalue weighted by Crippen LogP contribution is -2.47. The molecule has 9 heteroatoms. The Hall–Kier alpha value is -1.52. The van der Waals surface area contributed by atoms with E-state index in [1.165, 1.54) is 11.1 Å². The van der Waals surface area contributed by atoms with Crippen LogP contribution in [0, 0.1) is 5.92 Å². The summed E-state index contributed by atoms with van der Waals surface area (Å²) in [5.74, 6) is 1.90. The van der Waals surface area contributed by atoms with E-state index in [9.17, 15) is 4.80 Å². The Kier molecular flexibility index (Phi) is 14.7. The molecule has 0 spiro atoms. The lowest BCUT2D eigenvalue weighted by molar-refractivity contribution is 0.179. The highest BCUT2D eigenvalue weighted by Gasteiger charge is 2.45. The Morgan fingerprint density at radius 3 is 1.68 bits per heavy atom. The third-order valence-corrected chi connectivity index (χ3v) is 25.5. The molecular weight excluding hydrogens is 688 g/mol. The van der Waals surface area contributed by atoms with E-state index in [0.29, 0.717) is 6.16 Å². The molecule has 50 heavy (non-hydrogen) atoms. The second kappa shape index (κ2) is 17.1. The molecule has 1 aliphatic rings. The van der Waals surface area contributed by atoms with Gasteiger partial charge in [-0.25, -0.2) is 0 Å². The van der Waals surface area contributed by atoms with Gasteiger partial charge in [0, 0.05) is 6.61 Å². The summed E-state index contributed by atoms with van der Waals surface area (Å²) in [6.45, 7) is 32.7. The van der Waals surface area contributed by atoms with Gasteiger partial charge in [0.1, 0.15) is 11.5 Å². The number of hydrogen-bond acceptors (Lipinski definition) is 5. The molecule has 2 atom stereocenters. The average molecular weight is 757 g/mol. The molecule has 0 radical (unpaired) electrons. The second-order valence-electron chi connectivity index (χ2n) is 18.4. The van der Waals surface area contributed by atoms with E-state index in [1.54, 1.807) is 0 Å². The van der Waals surface area contributed by atoms with Crippen molar-refractivity contribution >= 4 is 33.3 Å². The quantitative estimate of drug-likeness (QED) is 0.0849. The number of para-hydroxylation sites is 2. The van der Waals surface area contributed by atoms with Crippen LogP contribution in [0.3, 0.4) is 0 Å². The molecule has 0 bridgehead atoms. The molecule has 0 heterocycles. The fraction of sp³-hybridized carbons (Fsp3) is 0.610. The molecule has 3 rings (SSSR count). The zero-order valence-corrected chi connectivity index (χ0v) is 37.7. The first-order valence-corrected chi connectivity index (χ1v) is 28.7. The minimum Gasteiger partial charge on any atom is -0.438 e. The van der Waals surface area contributed by atoms with Crippen molar-refractivity contribution in [3.05, 3.63) is 84.0 Å². The van der Waals surface area contributed by atoms with E-state index in [1.807, 2.05) is 60.7 Å². The maximum Gasteiger partial charge on any atom is 0.294 e. The Labute approximate surface area is 310 Å². The number of benzene rings is 2. The molecular formula is C41H69O5PSi3. The van der Waals surface area contributed by atoms with Crippen molar-refractivity contribution in [3.63, 3.8) is 0 Å². The highest BCUT2D eigenvalue weighted by molar-refractivity contribution is 7.48. The summed E-state index contributed by atoms with van der Waals surface area (Å²) in [5.41, 5.74) is 2.79. The molecule has 2 aromatic rings. The molecule has 1 fully saturated rings. The van der Waals surface area contributed by atoms with Crippen LogP contribution in [0.15, 0.2) is 84.0 Å². The molecule has 2 aromatic carbocycles. The zero-order valence-electron chi connectivity index (χ0n) is 33.9. The summed E-state index contributed by atoms with van der Waals surface area (Å²) in [7, 11) is -7.70. The highest BCUT2D eigenvalue weighted by Crippen LogP contribution is 2.50. The number of hydrogen-bond donors (Lipinski definition) is 1. The van der Waals surface area contributed by atoms with E-state index in [-0.39, 0.29) is 27.1 Å². The van der Waals surface area contributed by atoms with E-state index >= 15 is 0 Å². The molecule has 0 aromatic heterocycles. The summed E-state index contributed by atoms with van der Waals surface area (Å²) in [4.78, 5) is 11.5. The third kappa shape index (κ3) is 12.3. The molecule has 0 saturated heterocycles. The highest BCUT2D eigenvalue weighted by atomic mass is 31.2. The molecule has 0 unspecified atom stereocenters. The smallest absolute Gasteiger partial charge is 0.294 e. The largest absolute Gasteiger partial charge is 0.438 e. The van der Waals surface area contributed by atoms with Crippen LogP contribution in [0.25, 0.3) is 0 Å². The van der Waals surface area contributed by atoms with Crippen LogP contribution < -0.4 is 9.05 Å². The SMILES string of the molecule is CC(C)(C[C@@H]1C/C(=C\CP(Oc2ccccc2)Oc2ccccc2)C[C@@H](O[Si](C)(C)C(C)(C)C)/C1=C\CCO[Si](C)(C)C(C)(C)C)[Si](C)(C)O. The van der Waals surface area contributed by atoms with E-state index < -0.39 is 33.3 Å². The van der Waals surface area contributed by atoms with Crippen LogP contribution in [0.1, 0.15) is 81.1 Å². The van der Waals surface area contributed by atoms with Gasteiger partial charge in [-0.3, -0.25) is 0 Å². The molecule has 5 nitrogen and oxygen atoms in total. The van der Waals surface area contributed by atoms with E-state index in [2.05, 4.69) is 107 Å². The minimum atomic E-state index is -2.46. The van der Waals surface area contributed by atoms with Gasteiger partial charge in [-0.05, 0) is 116 Å². The Balaban J connectivity index is 2.01. The first-order valence-electron chi connectivity index (χ1n) is 18.6. The van der Waals surface area contributed by atoms with Crippen LogP contribution in [0.2, 0.25) is 54.4 Å². The van der Waals surface area contributed by atoms with Gasteiger partial charge in [-0.1, -0.05) is 110 Å². The monoisotopic (exact) mass is 756 g/mol. The zero-order chi connectivity index (χ0) is 37.6. The normalized spacial score (nSPS) is 20.1. The van der Waals surface area contributed by atoms with Crippen LogP contribution >= 0.6 is 8.38 Å². The van der Waals surface area contributed by atoms with Gasteiger partial charge in [-0.15, -0.1) is 0 Å². The van der Waals surface area contributed by atoms with Crippen molar-refractivity contribution in [3.8, 4) is 11.5 Å². The molecule has 1 saturated carbocycles. The summed E-state index contributed by atoms with van der Waals surface area (Å²) >= 11 is 0. The van der Waals surface area contributed by atoms with Crippen molar-refractivity contribution in [1.82, 2.24) is 0 Å². The van der Waals surface area contributed by atoms with Gasteiger partial charge < -0.3 is 22.7 Å². The Bertz CT molecular complexity index is 1320. The second-order valence-corrected chi connectivity index (χ2v) is 33.8. The predicted octanol–water partition coefficient (Wildman–Crippen LogP) is 12.9. The fourth-order valence-corrected chi connectivity index (χ4v) is 9.95. The summed E-state index contributed by atoms with van der Waals surface area (Å²) in [6, 6.07) is 20.0. The van der Waals surface area contributed by atoms with Gasteiger partial charge in [0.15, 0.2) is 25.0 Å². The summed E-state index contributed by atoms with van der Waals surface area (Å²) in [5, 5.41) is 0.0925. The van der Waals surface area contributed by atoms with Crippen LogP contribution in [-0.4, -0.2) is 48.6 Å². The van der Waals surface area contributed by atoms with Gasteiger partial charge in [0.2, 0.25) is 0 Å². The number of rotatable bonds is 15. The standard InChI is InChI=1S/C41H69O5PSi3/c1-39(2,3)49(11,12)43-28-21-26-37-34(32-41(7,8)48(9,10)42)30-33(31-38(37)46-50(13,14)40(4,5)6)27-29-47(44-35-22-17-15-18-23-35)45-36-24-19-16-20-25-36/h15-20,22-27,34,38,42H,21,28-32H2,1-14H3/b33-27+,37-26-/t34-,38+/m0/s1. The summed E-state index contributed by atoms with van der Waals surface area (Å²) < 4.78 is 26.9. The van der Waals surface area contributed by atoms with Crippen LogP contribution in [-0.2, 0) is 8.85 Å². The molecule has 0 aliphatic heterocycles. The Morgan fingerprint density at radius 1 is 0.720 bits per heavy atom. The molecule has 1 aliphatic carbocycles. The molecule has 280 valence electrons. The molecule has 0 amide bonds. The maximum atomic E-state index is 11.5. The van der Waals surface area contributed by atoms with E-state index in [4.69, 9.17) is 17.9 Å². The topological polar surface area (TPSA) is 57.2 Å². The average Bonchev–Trinajstić information content (AvgIpc) is 2.98. The predicted molar refractivity (Wildman–Crippen MR) is 223 cm³/mol. The van der Waals surface area contributed by atoms with E-state index in [0.717, 1.165) is 43.8 Å². The molecule has 1 N–H and O–H groups in total. The Morgan fingerprint density at radius 2 is 1.22 bits per heavy atom. The van der Waals surface area contributed by atoms with Crippen molar-refractivity contribution < 1.29 is 22.7 Å². The first kappa shape index (κ1) is 42.9. The maximum absolute atomic E-state index is 11.5. The van der Waals surface area contributed by atoms with Crippen molar-refractivity contribution in [2.45, 2.75) is 142 Å². The van der Waals surface area contributed by atoms with Gasteiger partial charge in [-0.2, -0.15) is 0 Å². The van der Waals surface area contributed by atoms with Crippen LogP contribution in [0.5, 0.6) is 11.5 Å². The van der Waals surface area contributed by atoms with Gasteiger partial charge in [0.25, 0.3) is 8.38 Å². The van der Waals surface area contributed by atoms with Crippen molar-refractivity contribution in [1.29, 1.82) is 0 Å². The lowest BCUT2D eigenvalue weighted by atomic mass is 9.75. The summed E-state index contributed by atoms with van der Waals surface area (Å²) in [6.07, 6.45) is 9.09. The van der Waals surface area contributed by atoms with Crippen LogP contribution in [0.4, 0.5) is 0 Å². The van der Waals surface area contributed by atoms with Gasteiger partial charge >= 0.3 is 0 Å². The van der Waals surface area contributed by atoms with Crippen molar-refractivity contribution in [2.75, 3.05) is 12.8 Å². The first-order chi connectivity index (χ1) is 22.9. The van der Waals surface area contributed by atoms with Crippen molar-refractivity contribution in [2.24, 2.45) is 5.92 Å². The van der Waals surface area contributed by atoms with Gasteiger partial charge in [0.05, 0.1) is 12.3 Å².